The van der Waals surface area contributed by atoms with Crippen LogP contribution in [0, 0.1) is 6.92 Å². The quantitative estimate of drug-likeness (QED) is 0.896. The minimum absolute atomic E-state index is 0.300. The Morgan fingerprint density at radius 1 is 1.33 bits per heavy atom. The number of hydrogen-bond donors (Lipinski definition) is 2. The highest BCUT2D eigenvalue weighted by atomic mass is 79.9. The van der Waals surface area contributed by atoms with Crippen LogP contribution in [0.15, 0.2) is 45.8 Å². The molecule has 0 spiro atoms. The van der Waals surface area contributed by atoms with Crippen LogP contribution in [0.5, 0.6) is 0 Å². The molecule has 0 aliphatic rings. The molecule has 1 aromatic carbocycles. The van der Waals surface area contributed by atoms with E-state index in [2.05, 4.69) is 26.2 Å². The lowest BCUT2D eigenvalue weighted by Crippen LogP contribution is -2.15. The number of nitrogens with one attached hydrogen (secondary N) is 2. The molecule has 0 aliphatic heterocycles. The summed E-state index contributed by atoms with van der Waals surface area (Å²) >= 11 is 3.41. The Morgan fingerprint density at radius 2 is 2.11 bits per heavy atom. The molecule has 0 saturated carbocycles. The van der Waals surface area contributed by atoms with Crippen molar-refractivity contribution in [2.24, 2.45) is 0 Å². The Hall–Kier alpha value is -1.88. The number of rotatable bonds is 2. The third-order valence-corrected chi connectivity index (χ3v) is 3.53. The van der Waals surface area contributed by atoms with Crippen LogP contribution < -0.4 is 10.9 Å². The van der Waals surface area contributed by atoms with Crippen LogP contribution in [0.1, 0.15) is 15.9 Å². The predicted octanol–water partition coefficient (Wildman–Crippen LogP) is 2.70. The molecule has 0 radical (unpaired) electrons. The van der Waals surface area contributed by atoms with Gasteiger partial charge in [-0.05, 0) is 40.5 Å². The van der Waals surface area contributed by atoms with Crippen molar-refractivity contribution >= 4 is 27.5 Å². The van der Waals surface area contributed by atoms with E-state index in [4.69, 9.17) is 0 Å². The zero-order chi connectivity index (χ0) is 13.1. The molecule has 92 valence electrons. The monoisotopic (exact) mass is 306 g/mol. The molecule has 0 unspecified atom stereocenters. The maximum absolute atomic E-state index is 11.9. The molecule has 5 heteroatoms. The van der Waals surface area contributed by atoms with Crippen molar-refractivity contribution in [1.82, 2.24) is 4.98 Å². The highest BCUT2D eigenvalue weighted by molar-refractivity contribution is 9.10. The largest absolute Gasteiger partial charge is 0.329 e. The van der Waals surface area contributed by atoms with E-state index in [9.17, 15) is 9.59 Å². The minimum Gasteiger partial charge on any atom is -0.329 e. The standard InChI is InChI=1S/C13H11BrN2O2/c1-8-3-2-4-10(12(8)14)16-13(18)9-5-6-15-11(17)7-9/h2-7H,1H3,(H,15,17)(H,16,18). The average molecular weight is 307 g/mol. The molecule has 2 rings (SSSR count). The number of pyridine rings is 1. The van der Waals surface area contributed by atoms with Gasteiger partial charge in [0.1, 0.15) is 0 Å². The van der Waals surface area contributed by atoms with Gasteiger partial charge in [0.25, 0.3) is 5.91 Å². The highest BCUT2D eigenvalue weighted by Crippen LogP contribution is 2.25. The van der Waals surface area contributed by atoms with Crippen LogP contribution in [0.25, 0.3) is 0 Å². The number of aromatic amines is 1. The lowest BCUT2D eigenvalue weighted by molar-refractivity contribution is 0.102. The van der Waals surface area contributed by atoms with Crippen molar-refractivity contribution < 1.29 is 4.79 Å². The summed E-state index contributed by atoms with van der Waals surface area (Å²) in [6, 6.07) is 8.40. The molecule has 0 fully saturated rings. The fourth-order valence-electron chi connectivity index (χ4n) is 1.52. The van der Waals surface area contributed by atoms with Gasteiger partial charge in [-0.1, -0.05) is 12.1 Å². The Balaban J connectivity index is 2.27. The maximum atomic E-state index is 11.9. The number of aryl methyl sites for hydroxylation is 1. The summed E-state index contributed by atoms with van der Waals surface area (Å²) in [6.07, 6.45) is 1.45. The molecule has 0 saturated heterocycles. The number of anilines is 1. The van der Waals surface area contributed by atoms with Crippen molar-refractivity contribution in [3.63, 3.8) is 0 Å². The summed E-state index contributed by atoms with van der Waals surface area (Å²) < 4.78 is 0.836. The average Bonchev–Trinajstić information content (AvgIpc) is 2.35. The summed E-state index contributed by atoms with van der Waals surface area (Å²) in [5, 5.41) is 2.76. The van der Waals surface area contributed by atoms with Crippen LogP contribution in [0.2, 0.25) is 0 Å². The smallest absolute Gasteiger partial charge is 0.255 e. The topological polar surface area (TPSA) is 62.0 Å². The van der Waals surface area contributed by atoms with Crippen molar-refractivity contribution in [2.75, 3.05) is 5.32 Å². The lowest BCUT2D eigenvalue weighted by Gasteiger charge is -2.08. The predicted molar refractivity (Wildman–Crippen MR) is 73.9 cm³/mol. The number of carbonyl (C=O) groups excluding carboxylic acids is 1. The van der Waals surface area contributed by atoms with Crippen LogP contribution in [-0.2, 0) is 0 Å². The van der Waals surface area contributed by atoms with Gasteiger partial charge in [0.15, 0.2) is 0 Å². The van der Waals surface area contributed by atoms with E-state index in [1.807, 2.05) is 19.1 Å². The second-order valence-electron chi connectivity index (χ2n) is 3.83. The number of halogens is 1. The first kappa shape index (κ1) is 12.6. The van der Waals surface area contributed by atoms with Gasteiger partial charge >= 0.3 is 0 Å². The van der Waals surface area contributed by atoms with Crippen LogP contribution in [0.4, 0.5) is 5.69 Å². The van der Waals surface area contributed by atoms with Crippen molar-refractivity contribution in [3.8, 4) is 0 Å². The first-order valence-corrected chi connectivity index (χ1v) is 6.12. The fraction of sp³-hybridized carbons (Fsp3) is 0.0769. The SMILES string of the molecule is Cc1cccc(NC(=O)c2cc[nH]c(=O)c2)c1Br. The fourth-order valence-corrected chi connectivity index (χ4v) is 1.89. The normalized spacial score (nSPS) is 10.1. The summed E-state index contributed by atoms with van der Waals surface area (Å²) in [5.74, 6) is -0.313. The molecule has 1 aromatic heterocycles. The second kappa shape index (κ2) is 5.18. The molecule has 4 nitrogen and oxygen atoms in total. The molecule has 1 amide bonds. The zero-order valence-corrected chi connectivity index (χ0v) is 11.2. The van der Waals surface area contributed by atoms with E-state index in [1.165, 1.54) is 12.3 Å². The van der Waals surface area contributed by atoms with Crippen molar-refractivity contribution in [2.45, 2.75) is 6.92 Å². The molecular formula is C13H11BrN2O2. The number of amides is 1. The van der Waals surface area contributed by atoms with E-state index in [0.717, 1.165) is 10.0 Å². The van der Waals surface area contributed by atoms with E-state index in [-0.39, 0.29) is 11.5 Å². The third kappa shape index (κ3) is 2.68. The molecular weight excluding hydrogens is 296 g/mol. The van der Waals surface area contributed by atoms with Crippen molar-refractivity contribution in [3.05, 3.63) is 62.5 Å². The van der Waals surface area contributed by atoms with E-state index < -0.39 is 0 Å². The van der Waals surface area contributed by atoms with Crippen LogP contribution >= 0.6 is 15.9 Å². The number of hydrogen-bond acceptors (Lipinski definition) is 2. The summed E-state index contributed by atoms with van der Waals surface area (Å²) in [6.45, 7) is 1.94. The number of aromatic nitrogens is 1. The van der Waals surface area contributed by atoms with Gasteiger partial charge in [-0.25, -0.2) is 0 Å². The van der Waals surface area contributed by atoms with Gasteiger partial charge in [0, 0.05) is 22.3 Å². The summed E-state index contributed by atoms with van der Waals surface area (Å²) in [4.78, 5) is 25.5. The number of benzene rings is 1. The number of carbonyl (C=O) groups is 1. The Labute approximate surface area is 112 Å². The molecule has 2 N–H and O–H groups in total. The molecule has 1 heterocycles. The van der Waals surface area contributed by atoms with E-state index in [1.54, 1.807) is 12.1 Å². The summed E-state index contributed by atoms with van der Waals surface area (Å²) in [5.41, 5.74) is 1.73. The molecule has 0 atom stereocenters. The van der Waals surface area contributed by atoms with Gasteiger partial charge in [-0.3, -0.25) is 9.59 Å². The Kier molecular flexibility index (Phi) is 3.62. The number of H-pyrrole nitrogens is 1. The van der Waals surface area contributed by atoms with E-state index >= 15 is 0 Å². The van der Waals surface area contributed by atoms with Crippen LogP contribution in [-0.4, -0.2) is 10.9 Å². The lowest BCUT2D eigenvalue weighted by atomic mass is 10.2. The third-order valence-electron chi connectivity index (χ3n) is 2.48. The zero-order valence-electron chi connectivity index (χ0n) is 9.66. The second-order valence-corrected chi connectivity index (χ2v) is 4.63. The first-order valence-electron chi connectivity index (χ1n) is 5.33. The Morgan fingerprint density at radius 3 is 2.83 bits per heavy atom. The molecule has 0 aliphatic carbocycles. The van der Waals surface area contributed by atoms with Crippen molar-refractivity contribution in [1.29, 1.82) is 0 Å². The van der Waals surface area contributed by atoms with Gasteiger partial charge in [-0.2, -0.15) is 0 Å². The first-order chi connectivity index (χ1) is 8.58. The minimum atomic E-state index is -0.313. The van der Waals surface area contributed by atoms with Gasteiger partial charge in [0.2, 0.25) is 5.56 Å². The molecule has 18 heavy (non-hydrogen) atoms. The Bertz CT molecular complexity index is 649. The van der Waals surface area contributed by atoms with Crippen LogP contribution in [0.3, 0.4) is 0 Å². The molecule has 0 bridgehead atoms. The molecule has 2 aromatic rings. The highest BCUT2D eigenvalue weighted by Gasteiger charge is 2.09. The van der Waals surface area contributed by atoms with Gasteiger partial charge in [0.05, 0.1) is 5.69 Å². The van der Waals surface area contributed by atoms with Gasteiger partial charge in [-0.15, -0.1) is 0 Å². The summed E-state index contributed by atoms with van der Waals surface area (Å²) in [7, 11) is 0. The van der Waals surface area contributed by atoms with E-state index in [0.29, 0.717) is 11.3 Å². The maximum Gasteiger partial charge on any atom is 0.255 e. The van der Waals surface area contributed by atoms with Gasteiger partial charge < -0.3 is 10.3 Å².